The lowest BCUT2D eigenvalue weighted by molar-refractivity contribution is -0.315. The van der Waals surface area contributed by atoms with Gasteiger partial charge in [0.05, 0.1) is 39.4 Å². The monoisotopic (exact) mass is 1390 g/mol. The van der Waals surface area contributed by atoms with Crippen molar-refractivity contribution in [2.45, 2.75) is 242 Å². The molecule has 0 aromatic rings. The number of alkyl halides is 6. The molecule has 6 aliphatic carbocycles. The van der Waals surface area contributed by atoms with E-state index in [0.29, 0.717) is 43.9 Å². The molecule has 11 rings (SSSR count). The zero-order valence-electron chi connectivity index (χ0n) is 57.1. The Morgan fingerprint density at radius 2 is 1.01 bits per heavy atom. The van der Waals surface area contributed by atoms with Crippen LogP contribution < -0.4 is 5.32 Å². The van der Waals surface area contributed by atoms with Gasteiger partial charge in [0, 0.05) is 42.4 Å². The molecule has 11 fully saturated rings. The predicted molar refractivity (Wildman–Crippen MR) is 315 cm³/mol. The molecule has 97 heavy (non-hydrogen) atoms. The van der Waals surface area contributed by atoms with Crippen molar-refractivity contribution in [1.82, 2.24) is 5.32 Å². The van der Waals surface area contributed by atoms with E-state index < -0.39 is 153 Å². The minimum Gasteiger partial charge on any atom is -0.461 e. The van der Waals surface area contributed by atoms with E-state index in [1.54, 1.807) is 27.7 Å². The molecule has 544 valence electrons. The Morgan fingerprint density at radius 1 is 0.567 bits per heavy atom. The minimum absolute atomic E-state index is 0.0635. The molecule has 31 heteroatoms. The maximum atomic E-state index is 12.8. The Kier molecular flexibility index (Phi) is 22.2. The van der Waals surface area contributed by atoms with Gasteiger partial charge in [-0.2, -0.15) is 26.3 Å². The summed E-state index contributed by atoms with van der Waals surface area (Å²) >= 11 is 0. The van der Waals surface area contributed by atoms with Crippen LogP contribution in [0.2, 0.25) is 0 Å². The molecule has 5 aliphatic heterocycles. The minimum atomic E-state index is -5.89. The molecule has 17 unspecified atom stereocenters. The van der Waals surface area contributed by atoms with Crippen LogP contribution in [-0.4, -0.2) is 152 Å². The van der Waals surface area contributed by atoms with E-state index in [1.165, 1.54) is 6.92 Å². The van der Waals surface area contributed by atoms with Crippen LogP contribution in [0.3, 0.4) is 0 Å². The van der Waals surface area contributed by atoms with Crippen molar-refractivity contribution >= 4 is 77.7 Å². The molecule has 0 spiro atoms. The summed E-state index contributed by atoms with van der Waals surface area (Å²) < 4.78 is 132. The highest BCUT2D eigenvalue weighted by Crippen LogP contribution is 2.65. The van der Waals surface area contributed by atoms with E-state index in [-0.39, 0.29) is 92.3 Å². The highest BCUT2D eigenvalue weighted by molar-refractivity contribution is 6.10. The van der Waals surface area contributed by atoms with Gasteiger partial charge in [0.1, 0.15) is 49.8 Å². The first-order valence-electron chi connectivity index (χ1n) is 32.8. The highest BCUT2D eigenvalue weighted by Gasteiger charge is 2.78. The van der Waals surface area contributed by atoms with Gasteiger partial charge < -0.3 is 52.1 Å². The Labute approximate surface area is 556 Å². The number of cyclic esters (lactones) is 4. The van der Waals surface area contributed by atoms with Crippen LogP contribution in [0, 0.1) is 79.3 Å². The molecular weight excluding hydrogens is 1300 g/mol. The first kappa shape index (κ1) is 77.2. The van der Waals surface area contributed by atoms with Crippen molar-refractivity contribution in [3.05, 3.63) is 0 Å². The normalized spacial score (nSPS) is 33.4. The molecule has 5 saturated heterocycles. The summed E-state index contributed by atoms with van der Waals surface area (Å²) in [5.41, 5.74) is -6.50. The average Bonchev–Trinajstić information content (AvgIpc) is 1.52. The number of imide groups is 1. The van der Waals surface area contributed by atoms with Gasteiger partial charge in [0.25, 0.3) is 6.10 Å². The maximum absolute atomic E-state index is 12.8. The quantitative estimate of drug-likeness (QED) is 0.0616. The third kappa shape index (κ3) is 15.1. The largest absolute Gasteiger partial charge is 0.508 e. The Hall–Kier alpha value is -7.11. The van der Waals surface area contributed by atoms with Crippen molar-refractivity contribution < 1.29 is 141 Å². The number of halogens is 6. The molecule has 6 saturated carbocycles. The third-order valence-electron chi connectivity index (χ3n) is 22.0. The van der Waals surface area contributed by atoms with Gasteiger partial charge in [-0.05, 0) is 133 Å². The van der Waals surface area contributed by atoms with Crippen LogP contribution >= 0.6 is 0 Å². The van der Waals surface area contributed by atoms with E-state index in [1.807, 2.05) is 69.2 Å². The van der Waals surface area contributed by atoms with Gasteiger partial charge in [0.2, 0.25) is 11.8 Å². The number of esters is 10. The molecule has 1 N–H and O–H groups in total. The first-order valence-corrected chi connectivity index (χ1v) is 32.8. The van der Waals surface area contributed by atoms with Gasteiger partial charge in [-0.1, -0.05) is 34.6 Å². The first-order chi connectivity index (χ1) is 44.7. The van der Waals surface area contributed by atoms with E-state index in [4.69, 9.17) is 37.9 Å². The third-order valence-corrected chi connectivity index (χ3v) is 22.0. The van der Waals surface area contributed by atoms with Crippen LogP contribution in [0.5, 0.6) is 0 Å². The summed E-state index contributed by atoms with van der Waals surface area (Å²) in [4.78, 5) is 153. The van der Waals surface area contributed by atoms with Crippen molar-refractivity contribution in [3.8, 4) is 0 Å². The maximum Gasteiger partial charge on any atom is 0.508 e. The van der Waals surface area contributed by atoms with E-state index >= 15 is 0 Å². The van der Waals surface area contributed by atoms with Gasteiger partial charge in [-0.15, -0.1) is 0 Å². The number of amides is 2. The molecule has 11 aliphatic rings. The van der Waals surface area contributed by atoms with Crippen LogP contribution in [0.25, 0.3) is 0 Å². The molecule has 0 aromatic carbocycles. The zero-order valence-corrected chi connectivity index (χ0v) is 57.1. The number of hydrogen-bond acceptors (Lipinski definition) is 24. The topological polar surface area (TPSA) is 335 Å². The second-order valence-electron chi connectivity index (χ2n) is 29.9. The van der Waals surface area contributed by atoms with Gasteiger partial charge in [-0.3, -0.25) is 62.9 Å². The van der Waals surface area contributed by atoms with Gasteiger partial charge >= 0.3 is 78.2 Å². The SMILES string of the molecule is CCC(C)(C)C(=O)OC1C2CC3C(=O)OC1C3C2.CCC(C)(C)C(=O)OC1C2CC3C1OC(=O)C3(C(=O)NC(C)=O)C2.CCC(C)(C)C(=O)OC1C2CC3C1OC(=O)C3(C(=O)OC(C(F)(F)F)C(F)(F)F)C2.CCC(C)(C)C(=O)OCC1COC(=O)O1.CCC1(C)CC(=O)OC1=O. The summed E-state index contributed by atoms with van der Waals surface area (Å²) in [6.45, 7) is 27.0. The van der Waals surface area contributed by atoms with E-state index in [2.05, 4.69) is 19.5 Å². The lowest BCUT2D eigenvalue weighted by atomic mass is 9.72. The molecule has 0 radical (unpaired) electrons. The second kappa shape index (κ2) is 27.9. The summed E-state index contributed by atoms with van der Waals surface area (Å²) in [5, 5.41) is 2.22. The van der Waals surface area contributed by atoms with Crippen LogP contribution in [0.1, 0.15) is 181 Å². The van der Waals surface area contributed by atoms with Gasteiger partial charge in [0.15, 0.2) is 16.9 Å². The molecule has 17 atom stereocenters. The van der Waals surface area contributed by atoms with Crippen LogP contribution in [0.4, 0.5) is 31.1 Å². The molecule has 0 aromatic heterocycles. The second-order valence-corrected chi connectivity index (χ2v) is 29.9. The number of hydrogen-bond donors (Lipinski definition) is 1. The predicted octanol–water partition coefficient (Wildman–Crippen LogP) is 8.56. The van der Waals surface area contributed by atoms with Crippen molar-refractivity contribution in [3.63, 3.8) is 0 Å². The van der Waals surface area contributed by atoms with Crippen molar-refractivity contribution in [2.75, 3.05) is 13.2 Å². The number of carbonyl (C=O) groups excluding carboxylic acids is 13. The fourth-order valence-corrected chi connectivity index (χ4v) is 13.9. The zero-order chi connectivity index (χ0) is 73.1. The Bertz CT molecular complexity index is 3130. The molecule has 6 bridgehead atoms. The van der Waals surface area contributed by atoms with Crippen molar-refractivity contribution in [1.29, 1.82) is 0 Å². The van der Waals surface area contributed by atoms with E-state index in [0.717, 1.165) is 19.3 Å². The lowest BCUT2D eigenvalue weighted by Gasteiger charge is -2.33. The number of rotatable bonds is 17. The summed E-state index contributed by atoms with van der Waals surface area (Å²) in [6, 6.07) is 0. The Morgan fingerprint density at radius 3 is 1.41 bits per heavy atom. The number of nitrogens with one attached hydrogen (secondary N) is 1. The van der Waals surface area contributed by atoms with Crippen molar-refractivity contribution in [2.24, 2.45) is 79.3 Å². The van der Waals surface area contributed by atoms with Gasteiger partial charge in [-0.25, -0.2) is 4.79 Å². The van der Waals surface area contributed by atoms with E-state index in [9.17, 15) is 88.7 Å². The molecule has 5 heterocycles. The fourth-order valence-electron chi connectivity index (χ4n) is 13.9. The summed E-state index contributed by atoms with van der Waals surface area (Å²) in [6.07, 6.45) is -15.0. The van der Waals surface area contributed by atoms with Crippen LogP contribution in [-0.2, 0) is 110 Å². The summed E-state index contributed by atoms with van der Waals surface area (Å²) in [7, 11) is 0. The molecule has 2 amide bonds. The average molecular weight is 1390 g/mol. The summed E-state index contributed by atoms with van der Waals surface area (Å²) in [5.74, 6) is -8.42. The standard InChI is InChI=1S/C18H20F6O6.C17H23NO6.C14H20O4.C10H16O5.C7H10O3/c1-4-15(2,3)12(25)28-9-7-5-8-10(9)29-13(26)16(8,6-7)14(27)30-11(17(19,20)21)18(22,23)24;1-5-16(3,4)14(21)23-11-9-6-10-12(11)24-15(22)17(10,7-9)13(20)18-8(2)19;1-4-14(2,3)13(16)18-10-7-5-8-9(6-7)12(15)17-11(8)10;1-4-10(2,3)8(11)13-5-7-6-14-9(12)15-7;1-3-7(2)4-5(8)10-6(7)9/h7-11H,4-6H2,1-3H3;9-12H,5-7H2,1-4H3,(H,18,19,20);7-11H,4-6H2,1-3H3;7H,4-6H2,1-3H3;3-4H2,1-2H3. The van der Waals surface area contributed by atoms with Crippen LogP contribution in [0.15, 0.2) is 0 Å². The number of ether oxygens (including phenoxy) is 11. The fraction of sp³-hybridized carbons (Fsp3) is 0.803. The smallest absolute Gasteiger partial charge is 0.461 e. The lowest BCUT2D eigenvalue weighted by Crippen LogP contribution is -2.51. The highest BCUT2D eigenvalue weighted by atomic mass is 19.4. The number of fused-ring (bicyclic) bond motifs is 3. The molecule has 25 nitrogen and oxygen atoms in total. The Balaban J connectivity index is 0.000000178. The molecular formula is C66H89F6NO24. The number of carbonyl (C=O) groups is 13.